The van der Waals surface area contributed by atoms with Gasteiger partial charge >= 0.3 is 0 Å². The van der Waals surface area contributed by atoms with Gasteiger partial charge in [-0.15, -0.1) is 5.47 Å². The van der Waals surface area contributed by atoms with Crippen molar-refractivity contribution in [1.82, 2.24) is 15.0 Å². The fourth-order valence-electron chi connectivity index (χ4n) is 6.04. The SMILES string of the molecule is [B]C1=C(c2nc(C3CC(C)(C)OC(C)(CO)C3)ccc2NC(=O)c2ncc(C#N)[nH]2)C([B])([B])C([B])C(C)(C)C1. The van der Waals surface area contributed by atoms with Crippen molar-refractivity contribution in [3.05, 3.63) is 46.7 Å². The molecule has 1 saturated heterocycles. The Bertz CT molecular complexity index is 1360. The summed E-state index contributed by atoms with van der Waals surface area (Å²) in [5.41, 5.74) is 0.568. The van der Waals surface area contributed by atoms with E-state index in [4.69, 9.17) is 46.4 Å². The topological polar surface area (TPSA) is 124 Å². The number of imidazole rings is 1. The first kappa shape index (κ1) is 29.2. The Balaban J connectivity index is 1.84. The van der Waals surface area contributed by atoms with Gasteiger partial charge in [-0.25, -0.2) is 4.98 Å². The van der Waals surface area contributed by atoms with Gasteiger partial charge < -0.3 is 20.1 Å². The molecule has 8 nitrogen and oxygen atoms in total. The van der Waals surface area contributed by atoms with Gasteiger partial charge in [-0.2, -0.15) is 5.26 Å². The van der Waals surface area contributed by atoms with E-state index >= 15 is 0 Å². The van der Waals surface area contributed by atoms with E-state index in [0.717, 1.165) is 5.69 Å². The van der Waals surface area contributed by atoms with Crippen LogP contribution in [0.2, 0.25) is 11.0 Å². The van der Waals surface area contributed by atoms with Crippen LogP contribution in [0.25, 0.3) is 5.57 Å². The highest BCUT2D eigenvalue weighted by Crippen LogP contribution is 2.60. The normalized spacial score (nSPS) is 27.5. The van der Waals surface area contributed by atoms with Crippen LogP contribution in [0, 0.1) is 16.7 Å². The monoisotopic (exact) mass is 517 g/mol. The smallest absolute Gasteiger partial charge is 0.291 e. The molecule has 3 heterocycles. The van der Waals surface area contributed by atoms with E-state index in [1.54, 1.807) is 6.07 Å². The van der Waals surface area contributed by atoms with E-state index in [2.05, 4.69) is 15.3 Å². The molecule has 8 radical (unpaired) electrons. The molecule has 1 amide bonds. The zero-order valence-electron chi connectivity index (χ0n) is 23.1. The molecule has 3 N–H and O–H groups in total. The largest absolute Gasteiger partial charge is 0.393 e. The van der Waals surface area contributed by atoms with Crippen molar-refractivity contribution >= 4 is 48.6 Å². The number of aromatic amines is 1. The molecule has 3 atom stereocenters. The van der Waals surface area contributed by atoms with Gasteiger partial charge in [-0.05, 0) is 63.2 Å². The van der Waals surface area contributed by atoms with Crippen LogP contribution in [0.3, 0.4) is 0 Å². The summed E-state index contributed by atoms with van der Waals surface area (Å²) in [6.45, 7) is 9.60. The minimum absolute atomic E-state index is 0.0401. The number of carbonyl (C=O) groups excluding carboxylic acids is 1. The zero-order valence-corrected chi connectivity index (χ0v) is 23.1. The summed E-state index contributed by atoms with van der Waals surface area (Å²) >= 11 is 0. The van der Waals surface area contributed by atoms with Crippen molar-refractivity contribution in [2.24, 2.45) is 5.41 Å². The van der Waals surface area contributed by atoms with Crippen LogP contribution in [-0.2, 0) is 4.74 Å². The number of H-pyrrole nitrogens is 1. The molecule has 0 spiro atoms. The van der Waals surface area contributed by atoms with Gasteiger partial charge in [0.2, 0.25) is 0 Å². The number of amides is 1. The van der Waals surface area contributed by atoms with Gasteiger partial charge in [0.15, 0.2) is 5.82 Å². The second-order valence-corrected chi connectivity index (χ2v) is 12.4. The van der Waals surface area contributed by atoms with Crippen molar-refractivity contribution in [2.75, 3.05) is 11.9 Å². The molecule has 194 valence electrons. The van der Waals surface area contributed by atoms with Gasteiger partial charge in [0.1, 0.15) is 19.6 Å². The van der Waals surface area contributed by atoms with Gasteiger partial charge in [-0.1, -0.05) is 24.9 Å². The second-order valence-electron chi connectivity index (χ2n) is 12.4. The first-order valence-electron chi connectivity index (χ1n) is 12.9. The quantitative estimate of drug-likeness (QED) is 0.525. The molecule has 3 unspecified atom stereocenters. The van der Waals surface area contributed by atoms with Crippen molar-refractivity contribution in [3.8, 4) is 6.07 Å². The Morgan fingerprint density at radius 1 is 1.26 bits per heavy atom. The van der Waals surface area contributed by atoms with Crippen LogP contribution in [-0.4, -0.2) is 75.2 Å². The van der Waals surface area contributed by atoms with E-state index < -0.39 is 33.6 Å². The maximum absolute atomic E-state index is 13.1. The molecule has 2 aromatic rings. The Kier molecular flexibility index (Phi) is 7.50. The molecule has 1 aliphatic carbocycles. The van der Waals surface area contributed by atoms with E-state index in [1.807, 2.05) is 46.8 Å². The van der Waals surface area contributed by atoms with Crippen LogP contribution < -0.4 is 5.32 Å². The number of anilines is 1. The summed E-state index contributed by atoms with van der Waals surface area (Å²) < 4.78 is 6.18. The summed E-state index contributed by atoms with van der Waals surface area (Å²) in [4.78, 5) is 24.7. The Labute approximate surface area is 235 Å². The number of nitriles is 1. The number of carbonyl (C=O) groups is 1. The third kappa shape index (κ3) is 5.62. The lowest BCUT2D eigenvalue weighted by Crippen LogP contribution is -2.48. The minimum Gasteiger partial charge on any atom is -0.393 e. The van der Waals surface area contributed by atoms with Gasteiger partial charge in [0, 0.05) is 11.6 Å². The number of rotatable bonds is 5. The number of allylic oxidation sites excluding steroid dienone is 2. The van der Waals surface area contributed by atoms with Crippen molar-refractivity contribution in [1.29, 1.82) is 5.26 Å². The molecule has 2 aromatic heterocycles. The molecule has 4 rings (SSSR count). The fraction of sp³-hybridized carbons (Fsp3) is 0.556. The first-order chi connectivity index (χ1) is 18.0. The van der Waals surface area contributed by atoms with E-state index in [-0.39, 0.29) is 24.0 Å². The molecule has 39 heavy (non-hydrogen) atoms. The molecule has 12 heteroatoms. The van der Waals surface area contributed by atoms with Crippen molar-refractivity contribution < 1.29 is 14.6 Å². The molecule has 0 saturated carbocycles. The number of aromatic nitrogens is 3. The third-order valence-corrected chi connectivity index (χ3v) is 7.76. The molecule has 1 fully saturated rings. The van der Waals surface area contributed by atoms with Crippen LogP contribution in [0.15, 0.2) is 23.8 Å². The number of aliphatic hydroxyl groups excluding tert-OH is 1. The van der Waals surface area contributed by atoms with Gasteiger partial charge in [0.05, 0.1) is 58.9 Å². The summed E-state index contributed by atoms with van der Waals surface area (Å²) in [6.07, 6.45) is 2.89. The van der Waals surface area contributed by atoms with Gasteiger partial charge in [0.25, 0.3) is 5.91 Å². The molecular formula is C27H31B4N5O3. The summed E-state index contributed by atoms with van der Waals surface area (Å²) in [7, 11) is 26.5. The number of pyridine rings is 1. The predicted molar refractivity (Wildman–Crippen MR) is 153 cm³/mol. The second kappa shape index (κ2) is 10.0. The Morgan fingerprint density at radius 3 is 2.56 bits per heavy atom. The van der Waals surface area contributed by atoms with E-state index in [9.17, 15) is 9.90 Å². The van der Waals surface area contributed by atoms with Gasteiger partial charge in [-0.3, -0.25) is 9.78 Å². The van der Waals surface area contributed by atoms with Crippen LogP contribution in [0.4, 0.5) is 5.69 Å². The number of nitrogens with zero attached hydrogens (tertiary/aromatic N) is 3. The highest BCUT2D eigenvalue weighted by molar-refractivity contribution is 6.52. The molecule has 1 aliphatic heterocycles. The summed E-state index contributed by atoms with van der Waals surface area (Å²) in [5.74, 6) is -1.35. The number of ether oxygens (including phenoxy) is 1. The minimum atomic E-state index is -1.55. The van der Waals surface area contributed by atoms with E-state index in [0.29, 0.717) is 41.7 Å². The average molecular weight is 517 g/mol. The lowest BCUT2D eigenvalue weighted by Gasteiger charge is -2.51. The highest BCUT2D eigenvalue weighted by atomic mass is 16.5. The average Bonchev–Trinajstić information content (AvgIpc) is 3.32. The predicted octanol–water partition coefficient (Wildman–Crippen LogP) is 3.07. The maximum Gasteiger partial charge on any atom is 0.291 e. The van der Waals surface area contributed by atoms with Crippen molar-refractivity contribution in [3.63, 3.8) is 0 Å². The zero-order chi connectivity index (χ0) is 29.0. The van der Waals surface area contributed by atoms with Crippen LogP contribution >= 0.6 is 0 Å². The number of nitrogens with one attached hydrogen (secondary N) is 2. The Hall–Kier alpha value is -2.76. The number of hydrogen-bond donors (Lipinski definition) is 3. The third-order valence-electron chi connectivity index (χ3n) is 7.76. The summed E-state index contributed by atoms with van der Waals surface area (Å²) in [6, 6.07) is 5.46. The standard InChI is InChI=1S/C27H31B4N5O3/c1-24(2)10-16(28)19(27(30,31)23(24)29)20-18(36-22(38)21-33-12-15(11-32)34-21)7-6-17(35-20)14-8-25(3,4)39-26(5,9-14)13-37/h6-7,12,14,23,37H,8-10,13H2,1-5H3,(H,33,34)(H,36,38). The molecule has 2 aliphatic rings. The van der Waals surface area contributed by atoms with Crippen LogP contribution in [0.5, 0.6) is 0 Å². The molecule has 0 aromatic carbocycles. The Morgan fingerprint density at radius 2 is 1.95 bits per heavy atom. The van der Waals surface area contributed by atoms with Crippen LogP contribution in [0.1, 0.15) is 87.5 Å². The van der Waals surface area contributed by atoms with Crippen molar-refractivity contribution in [2.45, 2.75) is 82.0 Å². The first-order valence-corrected chi connectivity index (χ1v) is 12.9. The summed E-state index contributed by atoms with van der Waals surface area (Å²) in [5, 5.41) is 20.4. The molecule has 0 bridgehead atoms. The lowest BCUT2D eigenvalue weighted by molar-refractivity contribution is -0.187. The maximum atomic E-state index is 13.1. The molecular weight excluding hydrogens is 486 g/mol. The lowest BCUT2D eigenvalue weighted by atomic mass is 9.32. The van der Waals surface area contributed by atoms with E-state index in [1.165, 1.54) is 6.20 Å². The highest BCUT2D eigenvalue weighted by Gasteiger charge is 2.46. The number of hydrogen-bond acceptors (Lipinski definition) is 6. The fourth-order valence-corrected chi connectivity index (χ4v) is 6.04. The number of aliphatic hydroxyl groups is 1.